The van der Waals surface area contributed by atoms with E-state index in [9.17, 15) is 9.59 Å². The minimum Gasteiger partial charge on any atom is -0.454 e. The Morgan fingerprint density at radius 2 is 1.90 bits per heavy atom. The highest BCUT2D eigenvalue weighted by Crippen LogP contribution is 2.33. The number of ether oxygens (including phenoxy) is 2. The van der Waals surface area contributed by atoms with E-state index in [0.29, 0.717) is 28.6 Å². The van der Waals surface area contributed by atoms with E-state index in [2.05, 4.69) is 10.6 Å². The highest BCUT2D eigenvalue weighted by atomic mass is 35.5. The Labute approximate surface area is 178 Å². The maximum Gasteiger partial charge on any atom is 0.267 e. The first kappa shape index (κ1) is 21.0. The van der Waals surface area contributed by atoms with E-state index in [-0.39, 0.29) is 23.1 Å². The van der Waals surface area contributed by atoms with Crippen molar-refractivity contribution in [2.24, 2.45) is 0 Å². The summed E-state index contributed by atoms with van der Waals surface area (Å²) in [7, 11) is 0. The van der Waals surface area contributed by atoms with Gasteiger partial charge in [-0.15, -0.1) is 0 Å². The van der Waals surface area contributed by atoms with Crippen molar-refractivity contribution in [3.05, 3.63) is 63.3 Å². The molecule has 0 unspecified atom stereocenters. The largest absolute Gasteiger partial charge is 0.454 e. The second-order valence-electron chi connectivity index (χ2n) is 6.36. The molecule has 152 valence electrons. The van der Waals surface area contributed by atoms with Crippen molar-refractivity contribution in [1.29, 1.82) is 0 Å². The van der Waals surface area contributed by atoms with E-state index in [1.54, 1.807) is 30.3 Å². The molecule has 0 saturated carbocycles. The molecule has 6 nitrogen and oxygen atoms in total. The summed E-state index contributed by atoms with van der Waals surface area (Å²) in [5.74, 6) is 0.309. The van der Waals surface area contributed by atoms with Gasteiger partial charge >= 0.3 is 0 Å². The van der Waals surface area contributed by atoms with Gasteiger partial charge in [-0.05, 0) is 48.4 Å². The summed E-state index contributed by atoms with van der Waals surface area (Å²) in [4.78, 5) is 25.4. The number of nitrogens with one attached hydrogen (secondary N) is 2. The lowest BCUT2D eigenvalue weighted by Crippen LogP contribution is -2.35. The summed E-state index contributed by atoms with van der Waals surface area (Å²) in [5.41, 5.74) is 0.988. The Hall–Kier alpha value is -2.70. The predicted octanol–water partition coefficient (Wildman–Crippen LogP) is 4.41. The number of unbranched alkanes of at least 4 members (excludes halogenated alkanes) is 1. The van der Waals surface area contributed by atoms with Crippen molar-refractivity contribution in [2.75, 3.05) is 13.3 Å². The van der Waals surface area contributed by atoms with Gasteiger partial charge in [-0.2, -0.15) is 0 Å². The zero-order chi connectivity index (χ0) is 20.8. The molecular formula is C21H20Cl2N2O4. The molecule has 2 N–H and O–H groups in total. The molecule has 8 heteroatoms. The normalized spacial score (nSPS) is 12.6. The topological polar surface area (TPSA) is 76.7 Å². The van der Waals surface area contributed by atoms with Crippen LogP contribution >= 0.6 is 23.2 Å². The predicted molar refractivity (Wildman–Crippen MR) is 112 cm³/mol. The second kappa shape index (κ2) is 9.67. The molecular weight excluding hydrogens is 415 g/mol. The first-order valence-electron chi connectivity index (χ1n) is 9.14. The molecule has 1 aliphatic rings. The highest BCUT2D eigenvalue weighted by Gasteiger charge is 2.18. The van der Waals surface area contributed by atoms with Gasteiger partial charge in [0.25, 0.3) is 11.8 Å². The fourth-order valence-corrected chi connectivity index (χ4v) is 3.16. The second-order valence-corrected chi connectivity index (χ2v) is 7.20. The van der Waals surface area contributed by atoms with Crippen molar-refractivity contribution in [3.8, 4) is 11.5 Å². The molecule has 2 aromatic rings. The fourth-order valence-electron chi connectivity index (χ4n) is 2.67. The van der Waals surface area contributed by atoms with E-state index in [0.717, 1.165) is 12.8 Å². The average molecular weight is 435 g/mol. The van der Waals surface area contributed by atoms with Crippen LogP contribution in [0.5, 0.6) is 11.5 Å². The monoisotopic (exact) mass is 434 g/mol. The van der Waals surface area contributed by atoms with Crippen LogP contribution in [0.1, 0.15) is 35.7 Å². The van der Waals surface area contributed by atoms with Crippen LogP contribution < -0.4 is 20.1 Å². The standard InChI is InChI=1S/C21H20Cl2N2O4/c1-2-3-8-24-21(27)17(9-13-4-7-18-19(10-13)29-12-28-18)25-20(26)15-6-5-14(22)11-16(15)23/h4-7,9-11H,2-3,8,12H2,1H3,(H,24,27)(H,25,26). The minimum absolute atomic E-state index is 0.0935. The Morgan fingerprint density at radius 1 is 1.10 bits per heavy atom. The van der Waals surface area contributed by atoms with Gasteiger partial charge in [-0.3, -0.25) is 9.59 Å². The third kappa shape index (κ3) is 5.43. The van der Waals surface area contributed by atoms with Gasteiger partial charge in [-0.1, -0.05) is 42.6 Å². The minimum atomic E-state index is -0.510. The third-order valence-electron chi connectivity index (χ3n) is 4.19. The zero-order valence-corrected chi connectivity index (χ0v) is 17.3. The summed E-state index contributed by atoms with van der Waals surface area (Å²) >= 11 is 12.0. The molecule has 0 fully saturated rings. The number of hydrogen-bond acceptors (Lipinski definition) is 4. The van der Waals surface area contributed by atoms with Crippen LogP contribution in [0.15, 0.2) is 42.1 Å². The van der Waals surface area contributed by atoms with Crippen LogP contribution in [0.25, 0.3) is 6.08 Å². The Kier molecular flexibility index (Phi) is 7.01. The maximum atomic E-state index is 12.7. The number of hydrogen-bond donors (Lipinski definition) is 2. The van der Waals surface area contributed by atoms with E-state index in [1.165, 1.54) is 12.1 Å². The summed E-state index contributed by atoms with van der Waals surface area (Å²) in [6.45, 7) is 2.68. The van der Waals surface area contributed by atoms with Gasteiger partial charge in [0, 0.05) is 11.6 Å². The number of amides is 2. The molecule has 0 saturated heterocycles. The SMILES string of the molecule is CCCCNC(=O)C(=Cc1ccc2c(c1)OCO2)NC(=O)c1ccc(Cl)cc1Cl. The molecule has 29 heavy (non-hydrogen) atoms. The molecule has 0 spiro atoms. The third-order valence-corrected chi connectivity index (χ3v) is 4.74. The van der Waals surface area contributed by atoms with Crippen LogP contribution in [-0.2, 0) is 4.79 Å². The Balaban J connectivity index is 1.86. The number of carbonyl (C=O) groups excluding carboxylic acids is 2. The fraction of sp³-hybridized carbons (Fsp3) is 0.238. The summed E-state index contributed by atoms with van der Waals surface area (Å²) < 4.78 is 10.7. The van der Waals surface area contributed by atoms with Crippen LogP contribution in [0.4, 0.5) is 0 Å². The zero-order valence-electron chi connectivity index (χ0n) is 15.8. The van der Waals surface area contributed by atoms with Crippen molar-refractivity contribution < 1.29 is 19.1 Å². The molecule has 0 aromatic heterocycles. The van der Waals surface area contributed by atoms with Crippen LogP contribution in [0.2, 0.25) is 10.0 Å². The van der Waals surface area contributed by atoms with E-state index < -0.39 is 11.8 Å². The van der Waals surface area contributed by atoms with E-state index in [1.807, 2.05) is 6.92 Å². The van der Waals surface area contributed by atoms with E-state index >= 15 is 0 Å². The van der Waals surface area contributed by atoms with Gasteiger partial charge in [0.2, 0.25) is 6.79 Å². The van der Waals surface area contributed by atoms with Gasteiger partial charge in [-0.25, -0.2) is 0 Å². The van der Waals surface area contributed by atoms with Gasteiger partial charge in [0.1, 0.15) is 5.70 Å². The lowest BCUT2D eigenvalue weighted by atomic mass is 10.1. The first-order valence-corrected chi connectivity index (χ1v) is 9.89. The molecule has 2 amide bonds. The molecule has 1 aliphatic heterocycles. The summed E-state index contributed by atoms with van der Waals surface area (Å²) in [6.07, 6.45) is 3.35. The Morgan fingerprint density at radius 3 is 2.66 bits per heavy atom. The maximum absolute atomic E-state index is 12.7. The molecule has 0 atom stereocenters. The lowest BCUT2D eigenvalue weighted by Gasteiger charge is -2.12. The Bertz CT molecular complexity index is 960. The summed E-state index contributed by atoms with van der Waals surface area (Å²) in [5, 5.41) is 6.07. The molecule has 0 radical (unpaired) electrons. The quantitative estimate of drug-likeness (QED) is 0.499. The average Bonchev–Trinajstić information content (AvgIpc) is 3.15. The number of fused-ring (bicyclic) bond motifs is 1. The number of benzene rings is 2. The smallest absolute Gasteiger partial charge is 0.267 e. The number of halogens is 2. The number of carbonyl (C=O) groups is 2. The molecule has 2 aromatic carbocycles. The molecule has 1 heterocycles. The van der Waals surface area contributed by atoms with Crippen molar-refractivity contribution in [2.45, 2.75) is 19.8 Å². The highest BCUT2D eigenvalue weighted by molar-refractivity contribution is 6.36. The lowest BCUT2D eigenvalue weighted by molar-refractivity contribution is -0.117. The number of rotatable bonds is 7. The van der Waals surface area contributed by atoms with Gasteiger partial charge in [0.15, 0.2) is 11.5 Å². The molecule has 0 aliphatic carbocycles. The van der Waals surface area contributed by atoms with Crippen LogP contribution in [0, 0.1) is 0 Å². The summed E-state index contributed by atoms with van der Waals surface area (Å²) in [6, 6.07) is 9.80. The van der Waals surface area contributed by atoms with Gasteiger partial charge in [0.05, 0.1) is 10.6 Å². The van der Waals surface area contributed by atoms with Gasteiger partial charge < -0.3 is 20.1 Å². The molecule has 0 bridgehead atoms. The van der Waals surface area contributed by atoms with Crippen molar-refractivity contribution >= 4 is 41.1 Å². The molecule has 3 rings (SSSR count). The van der Waals surface area contributed by atoms with Crippen LogP contribution in [0.3, 0.4) is 0 Å². The first-order chi connectivity index (χ1) is 14.0. The van der Waals surface area contributed by atoms with Crippen LogP contribution in [-0.4, -0.2) is 25.2 Å². The van der Waals surface area contributed by atoms with Crippen molar-refractivity contribution in [3.63, 3.8) is 0 Å². The van der Waals surface area contributed by atoms with Crippen molar-refractivity contribution in [1.82, 2.24) is 10.6 Å². The van der Waals surface area contributed by atoms with E-state index in [4.69, 9.17) is 32.7 Å².